The van der Waals surface area contributed by atoms with Crippen LogP contribution in [0.4, 0.5) is 10.5 Å². The Bertz CT molecular complexity index is 1410. The molecule has 1 fully saturated rings. The number of amides is 2. The van der Waals surface area contributed by atoms with Gasteiger partial charge in [-0.2, -0.15) is 0 Å². The Morgan fingerprint density at radius 2 is 1.90 bits per heavy atom. The predicted molar refractivity (Wildman–Crippen MR) is 159 cm³/mol. The minimum Gasteiger partial charge on any atom is -0.496 e. The molecule has 0 spiro atoms. The van der Waals surface area contributed by atoms with E-state index in [0.29, 0.717) is 59.5 Å². The van der Waals surface area contributed by atoms with E-state index in [1.165, 1.54) is 0 Å². The summed E-state index contributed by atoms with van der Waals surface area (Å²) in [5, 5.41) is 3.80. The summed E-state index contributed by atoms with van der Waals surface area (Å²) in [4.78, 5) is 30.9. The average molecular weight is 586 g/mol. The molecule has 0 bridgehead atoms. The van der Waals surface area contributed by atoms with Crippen LogP contribution >= 0.6 is 23.2 Å². The number of nitrogen functional groups attached to an aromatic ring is 1. The van der Waals surface area contributed by atoms with Crippen LogP contribution in [-0.4, -0.2) is 53.7 Å². The quantitative estimate of drug-likeness (QED) is 0.298. The van der Waals surface area contributed by atoms with Gasteiger partial charge in [0.2, 0.25) is 5.91 Å². The molecular weight excluding hydrogens is 551 g/mol. The molecule has 10 heteroatoms. The number of halogens is 2. The van der Waals surface area contributed by atoms with Gasteiger partial charge in [0.25, 0.3) is 0 Å². The molecule has 1 atom stereocenters. The molecule has 0 unspecified atom stereocenters. The normalized spacial score (nSPS) is 15.1. The van der Waals surface area contributed by atoms with Gasteiger partial charge in [0.05, 0.1) is 28.5 Å². The second-order valence-corrected chi connectivity index (χ2v) is 11.5. The SMILES string of the molecule is COc1cc(-c2nccc(-c3cccc(N)c3Cl)c2Cl)ccc1CCN(C[C@@H]1CCC(=O)N1)C(=O)OC(C)(C)C. The fourth-order valence-electron chi connectivity index (χ4n) is 4.63. The lowest BCUT2D eigenvalue weighted by Gasteiger charge is -2.29. The molecule has 0 radical (unpaired) electrons. The van der Waals surface area contributed by atoms with Crippen molar-refractivity contribution in [3.05, 3.63) is 64.3 Å². The molecule has 40 heavy (non-hydrogen) atoms. The summed E-state index contributed by atoms with van der Waals surface area (Å²) in [7, 11) is 1.60. The van der Waals surface area contributed by atoms with E-state index < -0.39 is 11.7 Å². The average Bonchev–Trinajstić information content (AvgIpc) is 3.32. The number of nitrogens with one attached hydrogen (secondary N) is 1. The molecule has 1 aliphatic rings. The number of hydrogen-bond acceptors (Lipinski definition) is 6. The van der Waals surface area contributed by atoms with Crippen LogP contribution in [0.5, 0.6) is 5.75 Å². The number of aromatic nitrogens is 1. The molecule has 3 N–H and O–H groups in total. The van der Waals surface area contributed by atoms with E-state index >= 15 is 0 Å². The predicted octanol–water partition coefficient (Wildman–Crippen LogP) is 6.37. The number of carbonyl (C=O) groups is 2. The van der Waals surface area contributed by atoms with Gasteiger partial charge in [-0.1, -0.05) is 47.5 Å². The van der Waals surface area contributed by atoms with Crippen molar-refractivity contribution in [2.45, 2.75) is 51.7 Å². The smallest absolute Gasteiger partial charge is 0.410 e. The number of methoxy groups -OCH3 is 1. The zero-order valence-electron chi connectivity index (χ0n) is 23.1. The lowest BCUT2D eigenvalue weighted by molar-refractivity contribution is -0.119. The van der Waals surface area contributed by atoms with Crippen LogP contribution in [0.1, 0.15) is 39.2 Å². The molecular formula is C30H34Cl2N4O4. The minimum absolute atomic E-state index is 0.000685. The second kappa shape index (κ2) is 12.4. The van der Waals surface area contributed by atoms with Gasteiger partial charge in [0, 0.05) is 48.4 Å². The number of hydrogen-bond donors (Lipinski definition) is 2. The number of pyridine rings is 1. The first kappa shape index (κ1) is 29.5. The number of nitrogens with zero attached hydrogens (tertiary/aromatic N) is 2. The highest BCUT2D eigenvalue weighted by molar-refractivity contribution is 6.39. The molecule has 0 saturated carbocycles. The number of anilines is 1. The summed E-state index contributed by atoms with van der Waals surface area (Å²) in [6.07, 6.45) is 2.92. The molecule has 0 aliphatic carbocycles. The fraction of sp³-hybridized carbons (Fsp3) is 0.367. The van der Waals surface area contributed by atoms with E-state index in [1.54, 1.807) is 30.3 Å². The maximum atomic E-state index is 13.0. The van der Waals surface area contributed by atoms with Gasteiger partial charge in [-0.15, -0.1) is 0 Å². The summed E-state index contributed by atoms with van der Waals surface area (Å²) in [6, 6.07) is 12.9. The van der Waals surface area contributed by atoms with Crippen molar-refractivity contribution < 1.29 is 19.1 Å². The second-order valence-electron chi connectivity index (χ2n) is 10.7. The molecule has 1 aromatic heterocycles. The first-order valence-electron chi connectivity index (χ1n) is 13.1. The van der Waals surface area contributed by atoms with Crippen molar-refractivity contribution in [2.75, 3.05) is 25.9 Å². The third kappa shape index (κ3) is 6.98. The highest BCUT2D eigenvalue weighted by atomic mass is 35.5. The van der Waals surface area contributed by atoms with Crippen LogP contribution in [0.25, 0.3) is 22.4 Å². The molecule has 1 aliphatic heterocycles. The van der Waals surface area contributed by atoms with Crippen LogP contribution in [-0.2, 0) is 16.0 Å². The lowest BCUT2D eigenvalue weighted by Crippen LogP contribution is -2.45. The zero-order valence-corrected chi connectivity index (χ0v) is 24.6. The van der Waals surface area contributed by atoms with Gasteiger partial charge < -0.3 is 25.4 Å². The number of carbonyl (C=O) groups excluding carboxylic acids is 2. The Morgan fingerprint density at radius 3 is 2.58 bits per heavy atom. The number of rotatable bonds is 8. The monoisotopic (exact) mass is 584 g/mol. The number of benzene rings is 2. The van der Waals surface area contributed by atoms with Crippen LogP contribution in [0.15, 0.2) is 48.7 Å². The van der Waals surface area contributed by atoms with E-state index in [1.807, 2.05) is 51.1 Å². The maximum absolute atomic E-state index is 13.0. The van der Waals surface area contributed by atoms with E-state index in [0.717, 1.165) is 22.3 Å². The van der Waals surface area contributed by atoms with Crippen LogP contribution in [0.2, 0.25) is 10.0 Å². The maximum Gasteiger partial charge on any atom is 0.410 e. The van der Waals surface area contributed by atoms with Crippen molar-refractivity contribution in [3.8, 4) is 28.1 Å². The Kier molecular flexibility index (Phi) is 9.11. The standard InChI is InChI=1S/C30H34Cl2N4O4/c1-30(2,3)40-29(38)36(17-20-10-11-25(37)35-20)15-13-18-8-9-19(16-24(18)39-4)28-27(32)22(12-14-34-28)21-6-5-7-23(33)26(21)31/h5-9,12,14,16,20H,10-11,13,15,17,33H2,1-4H3,(H,35,37)/t20-/m0/s1. The van der Waals surface area contributed by atoms with E-state index in [-0.39, 0.29) is 11.9 Å². The minimum atomic E-state index is -0.635. The fourth-order valence-corrected chi connectivity index (χ4v) is 5.18. The summed E-state index contributed by atoms with van der Waals surface area (Å²) in [6.45, 7) is 6.25. The number of nitrogens with two attached hydrogens (primary N) is 1. The van der Waals surface area contributed by atoms with E-state index in [9.17, 15) is 9.59 Å². The van der Waals surface area contributed by atoms with Gasteiger partial charge in [0.15, 0.2) is 0 Å². The van der Waals surface area contributed by atoms with Gasteiger partial charge in [-0.3, -0.25) is 9.78 Å². The summed E-state index contributed by atoms with van der Waals surface area (Å²) in [5.41, 5.74) is 9.53. The summed E-state index contributed by atoms with van der Waals surface area (Å²) >= 11 is 13.3. The Labute approximate surface area is 244 Å². The van der Waals surface area contributed by atoms with E-state index in [2.05, 4.69) is 10.3 Å². The van der Waals surface area contributed by atoms with Crippen molar-refractivity contribution in [3.63, 3.8) is 0 Å². The molecule has 1 saturated heterocycles. The van der Waals surface area contributed by atoms with Crippen LogP contribution in [0.3, 0.4) is 0 Å². The molecule has 2 amide bonds. The highest BCUT2D eigenvalue weighted by Gasteiger charge is 2.28. The Hall–Kier alpha value is -3.49. The first-order chi connectivity index (χ1) is 19.0. The third-order valence-corrected chi connectivity index (χ3v) is 7.40. The molecule has 212 valence electrons. The first-order valence-corrected chi connectivity index (χ1v) is 13.9. The van der Waals surface area contributed by atoms with Gasteiger partial charge in [-0.05, 0) is 57.4 Å². The third-order valence-electron chi connectivity index (χ3n) is 6.60. The number of ether oxygens (including phenoxy) is 2. The summed E-state index contributed by atoms with van der Waals surface area (Å²) in [5.74, 6) is 0.641. The summed E-state index contributed by atoms with van der Waals surface area (Å²) < 4.78 is 11.4. The molecule has 4 rings (SSSR count). The Morgan fingerprint density at radius 1 is 1.15 bits per heavy atom. The zero-order chi connectivity index (χ0) is 29.0. The lowest BCUT2D eigenvalue weighted by atomic mass is 10.0. The van der Waals surface area contributed by atoms with Crippen LogP contribution in [0, 0.1) is 0 Å². The van der Waals surface area contributed by atoms with E-state index in [4.69, 9.17) is 38.4 Å². The largest absolute Gasteiger partial charge is 0.496 e. The van der Waals surface area contributed by atoms with Crippen molar-refractivity contribution in [1.82, 2.24) is 15.2 Å². The van der Waals surface area contributed by atoms with Crippen molar-refractivity contribution >= 4 is 40.9 Å². The topological polar surface area (TPSA) is 107 Å². The van der Waals surface area contributed by atoms with Gasteiger partial charge in [-0.25, -0.2) is 4.79 Å². The van der Waals surface area contributed by atoms with Gasteiger partial charge >= 0.3 is 6.09 Å². The Balaban J connectivity index is 1.57. The van der Waals surface area contributed by atoms with Crippen molar-refractivity contribution in [1.29, 1.82) is 0 Å². The molecule has 2 aromatic carbocycles. The highest BCUT2D eigenvalue weighted by Crippen LogP contribution is 2.40. The van der Waals surface area contributed by atoms with Crippen LogP contribution < -0.4 is 15.8 Å². The molecule has 8 nitrogen and oxygen atoms in total. The molecule has 3 aromatic rings. The van der Waals surface area contributed by atoms with Crippen molar-refractivity contribution in [2.24, 2.45) is 0 Å². The van der Waals surface area contributed by atoms with Gasteiger partial charge in [0.1, 0.15) is 11.4 Å². The molecule has 2 heterocycles.